The van der Waals surface area contributed by atoms with Gasteiger partial charge in [-0.15, -0.1) is 0 Å². The number of methoxy groups -OCH3 is 1. The van der Waals surface area contributed by atoms with Crippen LogP contribution in [0, 0.1) is 0 Å². The molecule has 0 saturated carbocycles. The minimum atomic E-state index is -3.92. The van der Waals surface area contributed by atoms with Gasteiger partial charge >= 0.3 is 13.6 Å². The third-order valence-electron chi connectivity index (χ3n) is 4.12. The molecule has 1 N–H and O–H groups in total. The van der Waals surface area contributed by atoms with Crippen LogP contribution in [0.4, 0.5) is 0 Å². The molecule has 0 aromatic heterocycles. The van der Waals surface area contributed by atoms with Crippen LogP contribution < -0.4 is 4.74 Å². The van der Waals surface area contributed by atoms with Crippen molar-refractivity contribution in [1.29, 1.82) is 0 Å². The second-order valence-corrected chi connectivity index (χ2v) is 9.94. The van der Waals surface area contributed by atoms with Crippen molar-refractivity contribution in [3.8, 4) is 5.75 Å². The lowest BCUT2D eigenvalue weighted by Gasteiger charge is -2.34. The standard InChI is InChI=1S/C21H35O7P/c1-8-26-29(24,27-9-2)19(20(23)28-21(4,5)6)17(14-15(3)22)16-12-10-11-13-18(16)25-7/h10-13,15,17,19,22H,8-9,14H2,1-7H3. The Morgan fingerprint density at radius 1 is 1.14 bits per heavy atom. The number of hydrogen-bond acceptors (Lipinski definition) is 7. The van der Waals surface area contributed by atoms with Crippen molar-refractivity contribution in [3.63, 3.8) is 0 Å². The fourth-order valence-corrected chi connectivity index (χ4v) is 5.35. The Bertz CT molecular complexity index is 687. The molecule has 8 heteroatoms. The zero-order valence-electron chi connectivity index (χ0n) is 18.5. The van der Waals surface area contributed by atoms with Gasteiger partial charge in [-0.3, -0.25) is 9.36 Å². The molecule has 7 nitrogen and oxygen atoms in total. The van der Waals surface area contributed by atoms with E-state index in [9.17, 15) is 14.5 Å². The molecule has 0 aliphatic rings. The van der Waals surface area contributed by atoms with E-state index in [4.69, 9.17) is 18.5 Å². The zero-order valence-corrected chi connectivity index (χ0v) is 19.4. The van der Waals surface area contributed by atoms with Gasteiger partial charge in [-0.2, -0.15) is 0 Å². The molecule has 29 heavy (non-hydrogen) atoms. The van der Waals surface area contributed by atoms with E-state index in [0.29, 0.717) is 11.3 Å². The number of carbonyl (C=O) groups is 1. The minimum Gasteiger partial charge on any atom is -0.496 e. The van der Waals surface area contributed by atoms with Gasteiger partial charge in [0, 0.05) is 5.92 Å². The summed E-state index contributed by atoms with van der Waals surface area (Å²) in [5, 5.41) is 10.2. The van der Waals surface area contributed by atoms with Crippen LogP contribution in [0.15, 0.2) is 24.3 Å². The van der Waals surface area contributed by atoms with E-state index in [2.05, 4.69) is 0 Å². The summed E-state index contributed by atoms with van der Waals surface area (Å²) in [5.41, 5.74) is -1.42. The molecule has 3 unspecified atom stereocenters. The molecule has 1 aromatic rings. The lowest BCUT2D eigenvalue weighted by atomic mass is 9.89. The van der Waals surface area contributed by atoms with E-state index in [1.807, 2.05) is 0 Å². The highest BCUT2D eigenvalue weighted by atomic mass is 31.2. The molecule has 0 amide bonds. The summed E-state index contributed by atoms with van der Waals surface area (Å²) in [4.78, 5) is 13.3. The van der Waals surface area contributed by atoms with Crippen LogP contribution in [-0.4, -0.2) is 48.8 Å². The maximum absolute atomic E-state index is 13.8. The predicted octanol–water partition coefficient (Wildman–Crippen LogP) is 4.53. The minimum absolute atomic E-state index is 0.101. The van der Waals surface area contributed by atoms with Crippen LogP contribution in [0.25, 0.3) is 0 Å². The first kappa shape index (κ1) is 25.6. The van der Waals surface area contributed by atoms with Gasteiger partial charge in [-0.05, 0) is 59.6 Å². The summed E-state index contributed by atoms with van der Waals surface area (Å²) in [6.45, 7) is 10.4. The van der Waals surface area contributed by atoms with Crippen molar-refractivity contribution in [2.45, 2.75) is 71.2 Å². The van der Waals surface area contributed by atoms with Crippen molar-refractivity contribution in [1.82, 2.24) is 0 Å². The Balaban J connectivity index is 3.65. The van der Waals surface area contributed by atoms with Gasteiger partial charge in [0.25, 0.3) is 0 Å². The summed E-state index contributed by atoms with van der Waals surface area (Å²) in [6, 6.07) is 7.13. The zero-order chi connectivity index (χ0) is 22.2. The maximum Gasteiger partial charge on any atom is 0.345 e. The van der Waals surface area contributed by atoms with Crippen molar-refractivity contribution in [3.05, 3.63) is 29.8 Å². The molecule has 0 radical (unpaired) electrons. The summed E-state index contributed by atoms with van der Waals surface area (Å²) >= 11 is 0. The smallest absolute Gasteiger partial charge is 0.345 e. The topological polar surface area (TPSA) is 91.3 Å². The summed E-state index contributed by atoms with van der Waals surface area (Å²) in [6.07, 6.45) is -0.624. The molecule has 1 rings (SSSR count). The van der Waals surface area contributed by atoms with Crippen molar-refractivity contribution in [2.75, 3.05) is 20.3 Å². The average molecular weight is 430 g/mol. The number of rotatable bonds is 11. The second-order valence-electron chi connectivity index (χ2n) is 7.79. The summed E-state index contributed by atoms with van der Waals surface area (Å²) in [7, 11) is -2.40. The molecule has 3 atom stereocenters. The highest BCUT2D eigenvalue weighted by Gasteiger charge is 2.49. The van der Waals surface area contributed by atoms with Gasteiger partial charge in [-0.25, -0.2) is 0 Å². The number of aliphatic hydroxyl groups is 1. The monoisotopic (exact) mass is 430 g/mol. The van der Waals surface area contributed by atoms with E-state index in [-0.39, 0.29) is 19.6 Å². The lowest BCUT2D eigenvalue weighted by Crippen LogP contribution is -2.37. The van der Waals surface area contributed by atoms with Crippen LogP contribution in [0.1, 0.15) is 59.4 Å². The third kappa shape index (κ3) is 7.41. The van der Waals surface area contributed by atoms with Crippen LogP contribution in [0.2, 0.25) is 0 Å². The van der Waals surface area contributed by atoms with Crippen molar-refractivity contribution in [2.24, 2.45) is 0 Å². The number of hydrogen-bond donors (Lipinski definition) is 1. The van der Waals surface area contributed by atoms with Gasteiger partial charge in [0.2, 0.25) is 0 Å². The number of aliphatic hydroxyl groups excluding tert-OH is 1. The SMILES string of the molecule is CCOP(=O)(OCC)C(C(=O)OC(C)(C)C)C(CC(C)O)c1ccccc1OC. The fraction of sp³-hybridized carbons (Fsp3) is 0.667. The maximum atomic E-state index is 13.8. The first-order valence-corrected chi connectivity index (χ1v) is 11.5. The van der Waals surface area contributed by atoms with Gasteiger partial charge in [-0.1, -0.05) is 18.2 Å². The molecule has 1 aromatic carbocycles. The Hall–Kier alpha value is -1.40. The van der Waals surface area contributed by atoms with Crippen LogP contribution >= 0.6 is 7.60 Å². The van der Waals surface area contributed by atoms with E-state index in [0.717, 1.165) is 0 Å². The van der Waals surface area contributed by atoms with E-state index < -0.39 is 36.8 Å². The van der Waals surface area contributed by atoms with Crippen LogP contribution in [0.5, 0.6) is 5.75 Å². The van der Waals surface area contributed by atoms with Crippen LogP contribution in [0.3, 0.4) is 0 Å². The molecular weight excluding hydrogens is 395 g/mol. The normalized spacial score (nSPS) is 15.4. The van der Waals surface area contributed by atoms with Crippen molar-refractivity contribution < 1.29 is 33.0 Å². The third-order valence-corrected chi connectivity index (χ3v) is 6.61. The molecule has 0 heterocycles. The first-order chi connectivity index (χ1) is 13.5. The summed E-state index contributed by atoms with van der Waals surface area (Å²) in [5.74, 6) is -0.879. The Labute approximate surface area is 174 Å². The fourth-order valence-electron chi connectivity index (χ4n) is 3.20. The highest BCUT2D eigenvalue weighted by molar-refractivity contribution is 7.55. The molecule has 0 saturated heterocycles. The van der Waals surface area contributed by atoms with Crippen LogP contribution in [-0.2, 0) is 23.1 Å². The Morgan fingerprint density at radius 3 is 2.14 bits per heavy atom. The molecule has 0 bridgehead atoms. The molecule has 0 aliphatic heterocycles. The molecule has 166 valence electrons. The molecule has 0 fully saturated rings. The Kier molecular flexibility index (Phi) is 9.83. The molecular formula is C21H35O7P. The van der Waals surface area contributed by atoms with E-state index in [1.54, 1.807) is 65.8 Å². The number of para-hydroxylation sites is 1. The van der Waals surface area contributed by atoms with E-state index in [1.165, 1.54) is 7.11 Å². The quantitative estimate of drug-likeness (QED) is 0.407. The second kappa shape index (κ2) is 11.1. The van der Waals surface area contributed by atoms with Crippen molar-refractivity contribution >= 4 is 13.6 Å². The highest BCUT2D eigenvalue weighted by Crippen LogP contribution is 2.59. The number of ether oxygens (including phenoxy) is 2. The number of esters is 1. The molecule has 0 aliphatic carbocycles. The van der Waals surface area contributed by atoms with Gasteiger partial charge in [0.15, 0.2) is 5.66 Å². The van der Waals surface area contributed by atoms with Gasteiger partial charge < -0.3 is 23.6 Å². The number of benzene rings is 1. The largest absolute Gasteiger partial charge is 0.496 e. The predicted molar refractivity (Wildman–Crippen MR) is 113 cm³/mol. The van der Waals surface area contributed by atoms with E-state index >= 15 is 0 Å². The average Bonchev–Trinajstić information content (AvgIpc) is 2.59. The van der Waals surface area contributed by atoms with Gasteiger partial charge in [0.1, 0.15) is 11.4 Å². The lowest BCUT2D eigenvalue weighted by molar-refractivity contribution is -0.155. The number of carbonyl (C=O) groups excluding carboxylic acids is 1. The van der Waals surface area contributed by atoms with Gasteiger partial charge in [0.05, 0.1) is 26.4 Å². The first-order valence-electron chi connectivity index (χ1n) is 9.91. The summed E-state index contributed by atoms with van der Waals surface area (Å²) < 4.78 is 35.9. The Morgan fingerprint density at radius 2 is 1.69 bits per heavy atom. The molecule has 0 spiro atoms.